The van der Waals surface area contributed by atoms with Crippen molar-refractivity contribution in [1.29, 1.82) is 0 Å². The Hall–Kier alpha value is -0.420. The fourth-order valence-electron chi connectivity index (χ4n) is 0.924. The van der Waals surface area contributed by atoms with Gasteiger partial charge in [-0.2, -0.15) is 8.42 Å². The molecule has 0 heterocycles. The lowest BCUT2D eigenvalue weighted by Gasteiger charge is -2.15. The number of hydrogen-bond acceptors (Lipinski definition) is 3. The van der Waals surface area contributed by atoms with Gasteiger partial charge in [0, 0.05) is 5.41 Å². The van der Waals surface area contributed by atoms with Crippen LogP contribution in [0.3, 0.4) is 0 Å². The number of aldehydes is 1. The van der Waals surface area contributed by atoms with E-state index in [1.165, 1.54) is 0 Å². The zero-order chi connectivity index (χ0) is 10.5. The molecular weight excluding hydrogens is 192 g/mol. The van der Waals surface area contributed by atoms with Crippen molar-refractivity contribution < 1.29 is 17.8 Å². The Kier molecular flexibility index (Phi) is 4.56. The SMILES string of the molecule is CC(C)(C=O)CCCCS(=O)(=O)O. The number of rotatable bonds is 6. The molecule has 78 valence electrons. The van der Waals surface area contributed by atoms with Crippen LogP contribution in [0.15, 0.2) is 0 Å². The average Bonchev–Trinajstić information content (AvgIpc) is 1.97. The molecule has 0 saturated carbocycles. The Morgan fingerprint density at radius 3 is 2.23 bits per heavy atom. The van der Waals surface area contributed by atoms with Gasteiger partial charge in [0.25, 0.3) is 10.1 Å². The van der Waals surface area contributed by atoms with Gasteiger partial charge in [-0.05, 0) is 12.8 Å². The van der Waals surface area contributed by atoms with E-state index < -0.39 is 10.1 Å². The molecule has 0 fully saturated rings. The van der Waals surface area contributed by atoms with E-state index in [0.29, 0.717) is 19.3 Å². The molecule has 0 atom stereocenters. The average molecular weight is 208 g/mol. The van der Waals surface area contributed by atoms with Crippen molar-refractivity contribution in [2.75, 3.05) is 5.75 Å². The van der Waals surface area contributed by atoms with Crippen molar-refractivity contribution in [3.05, 3.63) is 0 Å². The van der Waals surface area contributed by atoms with Gasteiger partial charge in [0.2, 0.25) is 0 Å². The minimum absolute atomic E-state index is 0.220. The summed E-state index contributed by atoms with van der Waals surface area (Å²) < 4.78 is 29.0. The van der Waals surface area contributed by atoms with E-state index in [0.717, 1.165) is 6.29 Å². The first kappa shape index (κ1) is 12.6. The van der Waals surface area contributed by atoms with Gasteiger partial charge >= 0.3 is 0 Å². The molecule has 1 N–H and O–H groups in total. The Morgan fingerprint density at radius 2 is 1.85 bits per heavy atom. The van der Waals surface area contributed by atoms with Crippen molar-refractivity contribution in [2.45, 2.75) is 33.1 Å². The second-order valence-electron chi connectivity index (χ2n) is 3.85. The summed E-state index contributed by atoms with van der Waals surface area (Å²) >= 11 is 0. The van der Waals surface area contributed by atoms with Crippen LogP contribution in [-0.4, -0.2) is 25.0 Å². The molecule has 0 unspecified atom stereocenters. The summed E-state index contributed by atoms with van der Waals surface area (Å²) in [6, 6.07) is 0. The summed E-state index contributed by atoms with van der Waals surface area (Å²) in [4.78, 5) is 10.5. The third-order valence-corrected chi connectivity index (χ3v) is 2.60. The zero-order valence-corrected chi connectivity index (χ0v) is 8.80. The molecule has 0 amide bonds. The summed E-state index contributed by atoms with van der Waals surface area (Å²) in [7, 11) is -3.84. The normalized spacial score (nSPS) is 12.8. The molecule has 0 aromatic rings. The van der Waals surface area contributed by atoms with Crippen LogP contribution in [-0.2, 0) is 14.9 Å². The molecule has 0 radical (unpaired) electrons. The third-order valence-electron chi connectivity index (χ3n) is 1.79. The maximum absolute atomic E-state index is 10.5. The van der Waals surface area contributed by atoms with E-state index in [2.05, 4.69) is 0 Å². The van der Waals surface area contributed by atoms with Crippen LogP contribution in [0.25, 0.3) is 0 Å². The van der Waals surface area contributed by atoms with E-state index in [4.69, 9.17) is 4.55 Å². The molecule has 0 aromatic heterocycles. The zero-order valence-electron chi connectivity index (χ0n) is 7.99. The minimum Gasteiger partial charge on any atom is -0.303 e. The Labute approximate surface area is 79.1 Å². The van der Waals surface area contributed by atoms with Gasteiger partial charge in [-0.15, -0.1) is 0 Å². The van der Waals surface area contributed by atoms with E-state index in [-0.39, 0.29) is 11.2 Å². The van der Waals surface area contributed by atoms with E-state index in [1.807, 2.05) is 0 Å². The highest BCUT2D eigenvalue weighted by Gasteiger charge is 2.16. The monoisotopic (exact) mass is 208 g/mol. The van der Waals surface area contributed by atoms with Crippen molar-refractivity contribution in [2.24, 2.45) is 5.41 Å². The van der Waals surface area contributed by atoms with Gasteiger partial charge in [-0.25, -0.2) is 0 Å². The summed E-state index contributed by atoms with van der Waals surface area (Å²) in [6.45, 7) is 3.60. The minimum atomic E-state index is -3.84. The Bertz CT molecular complexity index is 253. The molecule has 0 aliphatic carbocycles. The van der Waals surface area contributed by atoms with Gasteiger partial charge in [-0.3, -0.25) is 4.55 Å². The topological polar surface area (TPSA) is 71.4 Å². The van der Waals surface area contributed by atoms with Crippen LogP contribution < -0.4 is 0 Å². The number of unbranched alkanes of at least 4 members (excludes halogenated alkanes) is 1. The van der Waals surface area contributed by atoms with Gasteiger partial charge in [0.15, 0.2) is 0 Å². The van der Waals surface area contributed by atoms with Crippen LogP contribution in [0.4, 0.5) is 0 Å². The maximum atomic E-state index is 10.5. The molecule has 4 nitrogen and oxygen atoms in total. The quantitative estimate of drug-likeness (QED) is 0.405. The van der Waals surface area contributed by atoms with Gasteiger partial charge in [0.05, 0.1) is 5.75 Å². The maximum Gasteiger partial charge on any atom is 0.264 e. The highest BCUT2D eigenvalue weighted by Crippen LogP contribution is 2.19. The molecule has 5 heteroatoms. The van der Waals surface area contributed by atoms with Gasteiger partial charge in [-0.1, -0.05) is 20.3 Å². The van der Waals surface area contributed by atoms with Crippen LogP contribution in [0.1, 0.15) is 33.1 Å². The van der Waals surface area contributed by atoms with Crippen LogP contribution in [0, 0.1) is 5.41 Å². The number of carbonyl (C=O) groups excluding carboxylic acids is 1. The first-order valence-corrected chi connectivity index (χ1v) is 5.79. The van der Waals surface area contributed by atoms with E-state index in [1.54, 1.807) is 13.8 Å². The van der Waals surface area contributed by atoms with Crippen LogP contribution in [0.5, 0.6) is 0 Å². The molecule has 0 bridgehead atoms. The fraction of sp³-hybridized carbons (Fsp3) is 0.875. The molecule has 0 saturated heterocycles. The molecule has 13 heavy (non-hydrogen) atoms. The number of carbonyl (C=O) groups is 1. The Balaban J connectivity index is 3.64. The van der Waals surface area contributed by atoms with Crippen LogP contribution in [0.2, 0.25) is 0 Å². The molecule has 0 spiro atoms. The summed E-state index contributed by atoms with van der Waals surface area (Å²) in [5, 5.41) is 0. The second kappa shape index (κ2) is 4.72. The predicted octanol–water partition coefficient (Wildman–Crippen LogP) is 1.27. The largest absolute Gasteiger partial charge is 0.303 e. The van der Waals surface area contributed by atoms with Crippen molar-refractivity contribution in [3.8, 4) is 0 Å². The molecule has 0 aliphatic rings. The van der Waals surface area contributed by atoms with Crippen molar-refractivity contribution in [3.63, 3.8) is 0 Å². The fourth-order valence-corrected chi connectivity index (χ4v) is 1.49. The predicted molar refractivity (Wildman–Crippen MR) is 50.1 cm³/mol. The Morgan fingerprint density at radius 1 is 1.31 bits per heavy atom. The van der Waals surface area contributed by atoms with Crippen LogP contribution >= 0.6 is 0 Å². The summed E-state index contributed by atoms with van der Waals surface area (Å²) in [5.41, 5.74) is -0.390. The molecule has 0 aliphatic heterocycles. The van der Waals surface area contributed by atoms with Gasteiger partial charge in [0.1, 0.15) is 6.29 Å². The highest BCUT2D eigenvalue weighted by atomic mass is 32.2. The lowest BCUT2D eigenvalue weighted by molar-refractivity contribution is -0.115. The van der Waals surface area contributed by atoms with Gasteiger partial charge < -0.3 is 4.79 Å². The van der Waals surface area contributed by atoms with Crippen molar-refractivity contribution >= 4 is 16.4 Å². The lowest BCUT2D eigenvalue weighted by Crippen LogP contribution is -2.13. The summed E-state index contributed by atoms with van der Waals surface area (Å²) in [6.07, 6.45) is 2.54. The molecule has 0 rings (SSSR count). The van der Waals surface area contributed by atoms with E-state index >= 15 is 0 Å². The highest BCUT2D eigenvalue weighted by molar-refractivity contribution is 7.85. The first-order valence-electron chi connectivity index (χ1n) is 4.18. The lowest BCUT2D eigenvalue weighted by atomic mass is 9.89. The van der Waals surface area contributed by atoms with Crippen molar-refractivity contribution in [1.82, 2.24) is 0 Å². The van der Waals surface area contributed by atoms with E-state index in [9.17, 15) is 13.2 Å². The standard InChI is InChI=1S/C8H16O4S/c1-8(2,7-9)5-3-4-6-13(10,11)12/h7H,3-6H2,1-2H3,(H,10,11,12). The third kappa shape index (κ3) is 7.93. The number of hydrogen-bond donors (Lipinski definition) is 1. The second-order valence-corrected chi connectivity index (χ2v) is 5.42. The first-order chi connectivity index (χ1) is 5.77. The smallest absolute Gasteiger partial charge is 0.264 e. The molecule has 0 aromatic carbocycles. The molecular formula is C8H16O4S. The summed E-state index contributed by atoms with van der Waals surface area (Å²) in [5.74, 6) is -0.220.